The summed E-state index contributed by atoms with van der Waals surface area (Å²) in [5.74, 6) is 0.631. The van der Waals surface area contributed by atoms with Gasteiger partial charge in [0, 0.05) is 30.1 Å². The monoisotopic (exact) mass is 256 g/mol. The van der Waals surface area contributed by atoms with E-state index in [4.69, 9.17) is 0 Å². The van der Waals surface area contributed by atoms with E-state index in [2.05, 4.69) is 35.2 Å². The van der Waals surface area contributed by atoms with Crippen molar-refractivity contribution in [2.75, 3.05) is 0 Å². The van der Waals surface area contributed by atoms with Crippen molar-refractivity contribution in [3.05, 3.63) is 48.5 Å². The number of H-pyrrole nitrogens is 1. The Labute approximate surface area is 109 Å². The van der Waals surface area contributed by atoms with Crippen LogP contribution in [0.25, 0.3) is 11.3 Å². The van der Waals surface area contributed by atoms with Crippen molar-refractivity contribution in [2.24, 2.45) is 0 Å². The topological polar surface area (TPSA) is 92.5 Å². The highest BCUT2D eigenvalue weighted by atomic mass is 16.5. The molecule has 0 radical (unpaired) electrons. The van der Waals surface area contributed by atoms with Gasteiger partial charge in [0.15, 0.2) is 5.82 Å². The lowest BCUT2D eigenvalue weighted by molar-refractivity contribution is 0.407. The number of aromatic amines is 1. The Morgan fingerprint density at radius 2 is 2.26 bits per heavy atom. The molecule has 0 aliphatic heterocycles. The van der Waals surface area contributed by atoms with Gasteiger partial charge in [-0.05, 0) is 12.1 Å². The molecule has 7 heteroatoms. The van der Waals surface area contributed by atoms with Gasteiger partial charge >= 0.3 is 0 Å². The zero-order valence-electron chi connectivity index (χ0n) is 10.1. The molecule has 0 fully saturated rings. The van der Waals surface area contributed by atoms with E-state index >= 15 is 0 Å². The Morgan fingerprint density at radius 1 is 1.26 bits per heavy atom. The molecule has 3 aromatic heterocycles. The summed E-state index contributed by atoms with van der Waals surface area (Å²) in [5.41, 5.74) is 3.04. The van der Waals surface area contributed by atoms with Gasteiger partial charge in [-0.3, -0.25) is 10.1 Å². The number of hydrogen-bond donors (Lipinski definition) is 2. The van der Waals surface area contributed by atoms with Crippen molar-refractivity contribution in [3.8, 4) is 11.3 Å². The minimum Gasteiger partial charge on any atom is -0.343 e. The summed E-state index contributed by atoms with van der Waals surface area (Å²) in [7, 11) is 0. The number of nitrogens with zero attached hydrogens (tertiary/aromatic N) is 4. The molecule has 96 valence electrons. The van der Waals surface area contributed by atoms with Crippen LogP contribution in [-0.4, -0.2) is 25.3 Å². The maximum absolute atomic E-state index is 4.67. The maximum Gasteiger partial charge on any atom is 0.213 e. The Balaban J connectivity index is 1.67. The Hall–Kier alpha value is -2.54. The van der Waals surface area contributed by atoms with Crippen LogP contribution < -0.4 is 5.32 Å². The second kappa shape index (κ2) is 5.40. The van der Waals surface area contributed by atoms with Crippen LogP contribution in [0.1, 0.15) is 11.4 Å². The van der Waals surface area contributed by atoms with E-state index in [0.29, 0.717) is 18.9 Å². The van der Waals surface area contributed by atoms with Crippen LogP contribution in [0.5, 0.6) is 0 Å². The smallest absolute Gasteiger partial charge is 0.213 e. The van der Waals surface area contributed by atoms with Gasteiger partial charge in [-0.15, -0.1) is 0 Å². The second-order valence-corrected chi connectivity index (χ2v) is 3.96. The quantitative estimate of drug-likeness (QED) is 0.711. The van der Waals surface area contributed by atoms with Gasteiger partial charge < -0.3 is 9.84 Å². The van der Waals surface area contributed by atoms with Crippen LogP contribution in [0, 0.1) is 0 Å². The van der Waals surface area contributed by atoms with Crippen molar-refractivity contribution >= 4 is 0 Å². The Kier molecular flexibility index (Phi) is 3.28. The van der Waals surface area contributed by atoms with Gasteiger partial charge in [0.25, 0.3) is 0 Å². The number of nitrogens with one attached hydrogen (secondary N) is 2. The third kappa shape index (κ3) is 2.66. The molecule has 0 aliphatic carbocycles. The lowest BCUT2D eigenvalue weighted by atomic mass is 10.1. The van der Waals surface area contributed by atoms with Gasteiger partial charge in [0.1, 0.15) is 0 Å². The first-order chi connectivity index (χ1) is 9.43. The van der Waals surface area contributed by atoms with Crippen molar-refractivity contribution < 1.29 is 4.52 Å². The minimum atomic E-state index is 0.550. The summed E-state index contributed by atoms with van der Waals surface area (Å²) >= 11 is 0. The fourth-order valence-electron chi connectivity index (χ4n) is 1.78. The average molecular weight is 256 g/mol. The van der Waals surface area contributed by atoms with Gasteiger partial charge in [-0.2, -0.15) is 10.1 Å². The first kappa shape index (κ1) is 11.5. The molecule has 3 heterocycles. The highest BCUT2D eigenvalue weighted by Crippen LogP contribution is 2.19. The number of hydrogen-bond acceptors (Lipinski definition) is 6. The zero-order chi connectivity index (χ0) is 12.9. The van der Waals surface area contributed by atoms with Crippen LogP contribution in [0.3, 0.4) is 0 Å². The first-order valence-electron chi connectivity index (χ1n) is 5.82. The molecule has 2 N–H and O–H groups in total. The van der Waals surface area contributed by atoms with Crippen LogP contribution in [-0.2, 0) is 13.1 Å². The number of aromatic nitrogens is 5. The molecule has 19 heavy (non-hydrogen) atoms. The summed E-state index contributed by atoms with van der Waals surface area (Å²) in [6, 6.07) is 3.88. The van der Waals surface area contributed by atoms with E-state index in [-0.39, 0.29) is 0 Å². The fourth-order valence-corrected chi connectivity index (χ4v) is 1.78. The van der Waals surface area contributed by atoms with Gasteiger partial charge in [-0.1, -0.05) is 5.16 Å². The molecule has 0 saturated heterocycles. The summed E-state index contributed by atoms with van der Waals surface area (Å²) in [5, 5.41) is 14.0. The van der Waals surface area contributed by atoms with Crippen molar-refractivity contribution in [1.82, 2.24) is 30.6 Å². The van der Waals surface area contributed by atoms with E-state index in [1.165, 1.54) is 6.39 Å². The fraction of sp³-hybridized carbons (Fsp3) is 0.167. The molecule has 3 aromatic rings. The molecule has 3 rings (SSSR count). The van der Waals surface area contributed by atoms with E-state index in [0.717, 1.165) is 16.8 Å². The maximum atomic E-state index is 4.67. The molecular formula is C12H12N6O. The average Bonchev–Trinajstić information content (AvgIpc) is 3.11. The normalized spacial score (nSPS) is 10.7. The third-order valence-electron chi connectivity index (χ3n) is 2.67. The van der Waals surface area contributed by atoms with Crippen LogP contribution >= 0.6 is 0 Å². The molecule has 0 atom stereocenters. The summed E-state index contributed by atoms with van der Waals surface area (Å²) in [6.45, 7) is 1.21. The van der Waals surface area contributed by atoms with Crippen molar-refractivity contribution in [2.45, 2.75) is 13.1 Å². The summed E-state index contributed by atoms with van der Waals surface area (Å²) < 4.78 is 4.67. The van der Waals surface area contributed by atoms with E-state index in [1.54, 1.807) is 18.6 Å². The predicted octanol–water partition coefficient (Wildman–Crippen LogP) is 1.14. The van der Waals surface area contributed by atoms with Gasteiger partial charge in [0.2, 0.25) is 6.39 Å². The first-order valence-corrected chi connectivity index (χ1v) is 5.82. The summed E-state index contributed by atoms with van der Waals surface area (Å²) in [6.07, 6.45) is 6.66. The Morgan fingerprint density at radius 3 is 3.05 bits per heavy atom. The van der Waals surface area contributed by atoms with E-state index in [1.807, 2.05) is 12.1 Å². The highest BCUT2D eigenvalue weighted by molar-refractivity contribution is 5.61. The lowest BCUT2D eigenvalue weighted by Gasteiger charge is -2.03. The molecule has 7 nitrogen and oxygen atoms in total. The van der Waals surface area contributed by atoms with Crippen LogP contribution in [0.2, 0.25) is 0 Å². The number of pyridine rings is 1. The SMILES string of the molecule is c1cncc(-c2[nH]ncc2CNCc2ncon2)c1. The molecule has 0 amide bonds. The van der Waals surface area contributed by atoms with Gasteiger partial charge in [-0.25, -0.2) is 0 Å². The molecule has 0 saturated carbocycles. The Bertz CT molecular complexity index is 619. The molecule has 0 aromatic carbocycles. The summed E-state index contributed by atoms with van der Waals surface area (Å²) in [4.78, 5) is 8.04. The second-order valence-electron chi connectivity index (χ2n) is 3.96. The van der Waals surface area contributed by atoms with Gasteiger partial charge in [0.05, 0.1) is 18.4 Å². The van der Waals surface area contributed by atoms with Crippen LogP contribution in [0.15, 0.2) is 41.6 Å². The zero-order valence-corrected chi connectivity index (χ0v) is 10.1. The van der Waals surface area contributed by atoms with Crippen molar-refractivity contribution in [3.63, 3.8) is 0 Å². The standard InChI is InChI=1S/C12H12N6O/c1-2-9(4-13-3-1)12-10(6-16-17-12)5-14-7-11-15-8-19-18-11/h1-4,6,8,14H,5,7H2,(H,16,17). The third-order valence-corrected chi connectivity index (χ3v) is 2.67. The molecule has 0 bridgehead atoms. The van der Waals surface area contributed by atoms with E-state index in [9.17, 15) is 0 Å². The van der Waals surface area contributed by atoms with E-state index < -0.39 is 0 Å². The largest absolute Gasteiger partial charge is 0.343 e. The number of rotatable bonds is 5. The highest BCUT2D eigenvalue weighted by Gasteiger charge is 2.07. The minimum absolute atomic E-state index is 0.550. The predicted molar refractivity (Wildman–Crippen MR) is 66.7 cm³/mol. The molecular weight excluding hydrogens is 244 g/mol. The molecule has 0 aliphatic rings. The molecule has 0 spiro atoms. The van der Waals surface area contributed by atoms with Crippen molar-refractivity contribution in [1.29, 1.82) is 0 Å². The van der Waals surface area contributed by atoms with Crippen LogP contribution in [0.4, 0.5) is 0 Å². The lowest BCUT2D eigenvalue weighted by Crippen LogP contribution is -2.13. The molecule has 0 unspecified atom stereocenters.